The van der Waals surface area contributed by atoms with Crippen molar-refractivity contribution in [3.05, 3.63) is 12.2 Å². The number of hydrogen-bond acceptors (Lipinski definition) is 1. The molecule has 0 amide bonds. The summed E-state index contributed by atoms with van der Waals surface area (Å²) in [6, 6.07) is 0. The molecule has 1 nitrogen and oxygen atoms in total. The molecule has 0 aromatic heterocycles. The number of hydrogen-bond donors (Lipinski definition) is 1. The lowest BCUT2D eigenvalue weighted by Gasteiger charge is -2.44. The van der Waals surface area contributed by atoms with Crippen molar-refractivity contribution in [1.29, 1.82) is 0 Å². The minimum absolute atomic E-state index is 0.483. The molecular weight excluding hydrogens is 465 g/mol. The van der Waals surface area contributed by atoms with E-state index in [1.54, 1.807) is 0 Å². The van der Waals surface area contributed by atoms with Crippen LogP contribution in [0.25, 0.3) is 0 Å². The fourth-order valence-electron chi connectivity index (χ4n) is 6.57. The van der Waals surface area contributed by atoms with Crippen LogP contribution in [-0.4, -0.2) is 10.5 Å². The highest BCUT2D eigenvalue weighted by molar-refractivity contribution is 14.1. The van der Waals surface area contributed by atoms with Crippen molar-refractivity contribution in [2.24, 2.45) is 40.7 Å². The zero-order valence-electron chi connectivity index (χ0n) is 20.0. The van der Waals surface area contributed by atoms with E-state index in [0.29, 0.717) is 17.9 Å². The van der Waals surface area contributed by atoms with Crippen LogP contribution in [0.15, 0.2) is 12.2 Å². The second-order valence-corrected chi connectivity index (χ2v) is 13.4. The molecule has 2 aliphatic carbocycles. The van der Waals surface area contributed by atoms with E-state index < -0.39 is 0 Å². The van der Waals surface area contributed by atoms with E-state index in [0.717, 1.165) is 27.6 Å². The molecule has 0 heterocycles. The minimum atomic E-state index is 0.483. The molecule has 0 saturated heterocycles. The maximum atomic E-state index is 6.04. The summed E-state index contributed by atoms with van der Waals surface area (Å²) in [4.78, 5) is 0. The van der Waals surface area contributed by atoms with Crippen LogP contribution >= 0.6 is 22.6 Å². The summed E-state index contributed by atoms with van der Waals surface area (Å²) in [5, 5.41) is 0. The Balaban J connectivity index is 2.21. The Bertz CT molecular complexity index is 487. The molecule has 0 aromatic rings. The van der Waals surface area contributed by atoms with Crippen molar-refractivity contribution < 1.29 is 0 Å². The number of rotatable bonds is 8. The van der Waals surface area contributed by atoms with Gasteiger partial charge in [0.25, 0.3) is 0 Å². The Labute approximate surface area is 196 Å². The second kappa shape index (κ2) is 12.5. The second-order valence-electron chi connectivity index (χ2n) is 11.3. The van der Waals surface area contributed by atoms with Crippen molar-refractivity contribution in [3.63, 3.8) is 0 Å². The normalized spacial score (nSPS) is 35.0. The minimum Gasteiger partial charge on any atom is -0.327 e. The largest absolute Gasteiger partial charge is 0.327 e. The molecule has 2 heteroatoms. The van der Waals surface area contributed by atoms with E-state index in [2.05, 4.69) is 56.9 Å². The van der Waals surface area contributed by atoms with Crippen molar-refractivity contribution in [1.82, 2.24) is 0 Å². The smallest absolute Gasteiger partial charge is 0.0136 e. The highest BCUT2D eigenvalue weighted by atomic mass is 127. The van der Waals surface area contributed by atoms with Gasteiger partial charge in [0.15, 0.2) is 0 Å². The highest BCUT2D eigenvalue weighted by Crippen LogP contribution is 2.50. The first-order chi connectivity index (χ1) is 13.7. The molecule has 0 radical (unpaired) electrons. The first-order valence-corrected chi connectivity index (χ1v) is 14.0. The van der Waals surface area contributed by atoms with Gasteiger partial charge < -0.3 is 5.73 Å². The molecule has 2 fully saturated rings. The zero-order valence-corrected chi connectivity index (χ0v) is 22.2. The fraction of sp³-hybridized carbons (Fsp3) is 0.926. The first-order valence-electron chi connectivity index (χ1n) is 12.8. The lowest BCUT2D eigenvalue weighted by Crippen LogP contribution is -2.35. The van der Waals surface area contributed by atoms with Gasteiger partial charge in [-0.1, -0.05) is 101 Å². The van der Waals surface area contributed by atoms with Crippen LogP contribution < -0.4 is 5.73 Å². The summed E-state index contributed by atoms with van der Waals surface area (Å²) < 4.78 is 0.780. The first kappa shape index (κ1) is 25.7. The van der Waals surface area contributed by atoms with Crippen LogP contribution in [0.5, 0.6) is 0 Å². The Morgan fingerprint density at radius 2 is 1.79 bits per heavy atom. The van der Waals surface area contributed by atoms with Gasteiger partial charge in [0.1, 0.15) is 0 Å². The van der Waals surface area contributed by atoms with Gasteiger partial charge in [-0.25, -0.2) is 0 Å². The average molecular weight is 516 g/mol. The van der Waals surface area contributed by atoms with Gasteiger partial charge >= 0.3 is 0 Å². The maximum Gasteiger partial charge on any atom is 0.0136 e. The molecule has 170 valence electrons. The fourth-order valence-corrected chi connectivity index (χ4v) is 6.88. The maximum absolute atomic E-state index is 6.04. The van der Waals surface area contributed by atoms with Crippen LogP contribution in [0, 0.1) is 35.0 Å². The van der Waals surface area contributed by atoms with E-state index in [1.807, 2.05) is 0 Å². The summed E-state index contributed by atoms with van der Waals surface area (Å²) in [5.74, 6) is 4.25. The Hall–Kier alpha value is 0.430. The predicted molar refractivity (Wildman–Crippen MR) is 139 cm³/mol. The van der Waals surface area contributed by atoms with Gasteiger partial charge in [0.05, 0.1) is 0 Å². The van der Waals surface area contributed by atoms with E-state index in [1.165, 1.54) is 89.0 Å². The summed E-state index contributed by atoms with van der Waals surface area (Å²) in [5.41, 5.74) is 7.84. The average Bonchev–Trinajstić information content (AvgIpc) is 2.79. The Kier molecular flexibility index (Phi) is 11.0. The van der Waals surface area contributed by atoms with Crippen molar-refractivity contribution in [3.8, 4) is 0 Å². The molecule has 2 saturated carbocycles. The van der Waals surface area contributed by atoms with E-state index in [9.17, 15) is 0 Å². The van der Waals surface area contributed by atoms with E-state index >= 15 is 0 Å². The van der Waals surface area contributed by atoms with Gasteiger partial charge in [-0.2, -0.15) is 0 Å². The summed E-state index contributed by atoms with van der Waals surface area (Å²) in [6.45, 7) is 15.2. The topological polar surface area (TPSA) is 26.0 Å². The molecule has 7 atom stereocenters. The number of nitrogens with two attached hydrogens (primary N) is 1. The van der Waals surface area contributed by atoms with Gasteiger partial charge in [-0.05, 0) is 80.0 Å². The molecule has 2 rings (SSSR count). The molecule has 0 aliphatic heterocycles. The molecule has 5 unspecified atom stereocenters. The standard InChI is InChI=1S/C27H50IN/c1-20-10-9-12-25(21(2)16-20)18-27(5,15-14-23(4)28)26-13-8-6-7-11-24(17-26)22(3)19-29/h20-21,23-26H,3,6-19,29H2,1-2,4-5H3/t20-,21?,23?,24?,25+,26?,27?/m1/s1. The van der Waals surface area contributed by atoms with Crippen molar-refractivity contribution in [2.75, 3.05) is 6.54 Å². The van der Waals surface area contributed by atoms with Crippen LogP contribution in [0.1, 0.15) is 111 Å². The van der Waals surface area contributed by atoms with Crippen molar-refractivity contribution in [2.45, 2.75) is 115 Å². The summed E-state index contributed by atoms with van der Waals surface area (Å²) in [7, 11) is 0. The van der Waals surface area contributed by atoms with Gasteiger partial charge in [0, 0.05) is 10.5 Å². The van der Waals surface area contributed by atoms with E-state index in [-0.39, 0.29) is 0 Å². The third kappa shape index (κ3) is 8.13. The molecule has 0 bridgehead atoms. The third-order valence-electron chi connectivity index (χ3n) is 8.69. The van der Waals surface area contributed by atoms with E-state index in [4.69, 9.17) is 5.73 Å². The van der Waals surface area contributed by atoms with Crippen LogP contribution in [0.3, 0.4) is 0 Å². The molecule has 2 N–H and O–H groups in total. The Morgan fingerprint density at radius 1 is 1.07 bits per heavy atom. The lowest BCUT2D eigenvalue weighted by atomic mass is 9.61. The monoisotopic (exact) mass is 515 g/mol. The molecule has 0 aromatic carbocycles. The highest BCUT2D eigenvalue weighted by Gasteiger charge is 2.39. The number of halogens is 1. The number of alkyl halides is 1. The van der Waals surface area contributed by atoms with Gasteiger partial charge in [-0.3, -0.25) is 0 Å². The Morgan fingerprint density at radius 3 is 2.48 bits per heavy atom. The van der Waals surface area contributed by atoms with Crippen LogP contribution in [0.4, 0.5) is 0 Å². The lowest BCUT2D eigenvalue weighted by molar-refractivity contribution is 0.0711. The zero-order chi connectivity index (χ0) is 21.4. The quantitative estimate of drug-likeness (QED) is 0.149. The predicted octanol–water partition coefficient (Wildman–Crippen LogP) is 8.55. The summed E-state index contributed by atoms with van der Waals surface area (Å²) >= 11 is 2.64. The summed E-state index contributed by atoms with van der Waals surface area (Å²) in [6.07, 6.45) is 18.3. The molecule has 2 aliphatic rings. The van der Waals surface area contributed by atoms with Crippen molar-refractivity contribution >= 4 is 22.6 Å². The SMILES string of the molecule is C=C(CN)C1CCCCCC(C(C)(CCC(C)I)C[C@@H]2CCC[C@@H](C)CC2C)C1. The van der Waals surface area contributed by atoms with Gasteiger partial charge in [0.2, 0.25) is 0 Å². The molecule has 29 heavy (non-hydrogen) atoms. The molecular formula is C27H50IN. The van der Waals surface area contributed by atoms with Crippen LogP contribution in [0.2, 0.25) is 0 Å². The van der Waals surface area contributed by atoms with Crippen LogP contribution in [-0.2, 0) is 0 Å². The third-order valence-corrected chi connectivity index (χ3v) is 9.31. The van der Waals surface area contributed by atoms with Gasteiger partial charge in [-0.15, -0.1) is 0 Å². The molecule has 0 spiro atoms.